The first-order valence-corrected chi connectivity index (χ1v) is 8.61. The Hall–Kier alpha value is -2.15. The molecule has 2 aromatic heterocycles. The highest BCUT2D eigenvalue weighted by molar-refractivity contribution is 7.12. The zero-order valence-electron chi connectivity index (χ0n) is 13.4. The zero-order valence-corrected chi connectivity index (χ0v) is 14.2. The van der Waals surface area contributed by atoms with Gasteiger partial charge < -0.3 is 15.1 Å². The molecule has 0 saturated carbocycles. The molecule has 0 aromatic carbocycles. The van der Waals surface area contributed by atoms with E-state index >= 15 is 0 Å². The smallest absolute Gasteiger partial charge is 0.263 e. The third kappa shape index (κ3) is 3.61. The summed E-state index contributed by atoms with van der Waals surface area (Å²) in [6.45, 7) is 1.51. The lowest BCUT2D eigenvalue weighted by Crippen LogP contribution is -2.45. The number of likely N-dealkylation sites (tertiary alicyclic amines) is 1. The van der Waals surface area contributed by atoms with Crippen LogP contribution < -0.4 is 10.2 Å². The summed E-state index contributed by atoms with van der Waals surface area (Å²) in [6.07, 6.45) is 5.39. The lowest BCUT2D eigenvalue weighted by molar-refractivity contribution is 0.0719. The van der Waals surface area contributed by atoms with Crippen LogP contribution in [-0.4, -0.2) is 54.0 Å². The van der Waals surface area contributed by atoms with E-state index in [0.29, 0.717) is 6.54 Å². The molecule has 1 amide bonds. The molecule has 0 bridgehead atoms. The van der Waals surface area contributed by atoms with Crippen LogP contribution in [0.5, 0.6) is 0 Å². The van der Waals surface area contributed by atoms with Gasteiger partial charge in [-0.05, 0) is 24.3 Å². The summed E-state index contributed by atoms with van der Waals surface area (Å²) in [6, 6.07) is 4.00. The number of carbonyl (C=O) groups excluding carboxylic acids is 1. The normalized spacial score (nSPS) is 17.8. The summed E-state index contributed by atoms with van der Waals surface area (Å²) in [5, 5.41) is 5.40. The summed E-state index contributed by atoms with van der Waals surface area (Å²) in [7, 11) is 3.89. The monoisotopic (exact) mass is 331 g/mol. The Morgan fingerprint density at radius 2 is 2.22 bits per heavy atom. The van der Waals surface area contributed by atoms with Crippen molar-refractivity contribution in [2.45, 2.75) is 18.9 Å². The van der Waals surface area contributed by atoms with Gasteiger partial charge in [-0.3, -0.25) is 4.79 Å². The molecule has 0 radical (unpaired) electrons. The number of amides is 1. The van der Waals surface area contributed by atoms with Gasteiger partial charge in [0.2, 0.25) is 0 Å². The Bertz CT molecular complexity index is 658. The quantitative estimate of drug-likeness (QED) is 0.932. The van der Waals surface area contributed by atoms with E-state index in [4.69, 9.17) is 0 Å². The van der Waals surface area contributed by atoms with Gasteiger partial charge in [0, 0.05) is 45.6 Å². The van der Waals surface area contributed by atoms with Gasteiger partial charge >= 0.3 is 0 Å². The van der Waals surface area contributed by atoms with Gasteiger partial charge in [0.1, 0.15) is 0 Å². The zero-order chi connectivity index (χ0) is 16.2. The first-order chi connectivity index (χ1) is 11.1. The van der Waals surface area contributed by atoms with E-state index < -0.39 is 0 Å². The van der Waals surface area contributed by atoms with E-state index in [2.05, 4.69) is 15.3 Å². The largest absolute Gasteiger partial charge is 0.362 e. The van der Waals surface area contributed by atoms with Crippen LogP contribution in [0, 0.1) is 0 Å². The number of anilines is 2. The molecule has 0 aliphatic carbocycles. The van der Waals surface area contributed by atoms with Crippen LogP contribution in [-0.2, 0) is 0 Å². The fraction of sp³-hybridized carbons (Fsp3) is 0.438. The van der Waals surface area contributed by atoms with Crippen molar-refractivity contribution in [3.8, 4) is 0 Å². The number of piperidine rings is 1. The molecule has 0 spiro atoms. The number of carbonyl (C=O) groups is 1. The third-order valence-corrected chi connectivity index (χ3v) is 4.74. The molecule has 6 nitrogen and oxygen atoms in total. The van der Waals surface area contributed by atoms with Crippen molar-refractivity contribution in [2.24, 2.45) is 0 Å². The second-order valence-electron chi connectivity index (χ2n) is 5.83. The molecule has 1 saturated heterocycles. The maximum atomic E-state index is 12.5. The number of nitrogens with one attached hydrogen (secondary N) is 1. The maximum absolute atomic E-state index is 12.5. The van der Waals surface area contributed by atoms with E-state index in [1.165, 1.54) is 11.3 Å². The molecule has 3 rings (SSSR count). The molecule has 1 unspecified atom stereocenters. The molecule has 3 heterocycles. The molecular formula is C16H21N5OS. The number of hydrogen-bond acceptors (Lipinski definition) is 6. The van der Waals surface area contributed by atoms with Crippen LogP contribution in [0.3, 0.4) is 0 Å². The molecule has 1 atom stereocenters. The summed E-state index contributed by atoms with van der Waals surface area (Å²) in [5.74, 6) is 1.71. The van der Waals surface area contributed by atoms with E-state index in [-0.39, 0.29) is 11.9 Å². The Morgan fingerprint density at radius 1 is 1.39 bits per heavy atom. The molecule has 1 N–H and O–H groups in total. The fourth-order valence-corrected chi connectivity index (χ4v) is 3.48. The van der Waals surface area contributed by atoms with Crippen LogP contribution in [0.15, 0.2) is 29.9 Å². The SMILES string of the molecule is CN(C)c1nccnc1NC1CCCN(C(=O)c2cccs2)C1. The summed E-state index contributed by atoms with van der Waals surface area (Å²) >= 11 is 1.50. The molecule has 1 fully saturated rings. The first-order valence-electron chi connectivity index (χ1n) is 7.73. The molecular weight excluding hydrogens is 310 g/mol. The minimum atomic E-state index is 0.124. The Labute approximate surface area is 140 Å². The molecule has 1 aliphatic rings. The van der Waals surface area contributed by atoms with E-state index in [1.807, 2.05) is 41.4 Å². The van der Waals surface area contributed by atoms with Crippen molar-refractivity contribution in [2.75, 3.05) is 37.4 Å². The van der Waals surface area contributed by atoms with Gasteiger partial charge in [0.05, 0.1) is 4.88 Å². The van der Waals surface area contributed by atoms with Gasteiger partial charge in [-0.1, -0.05) is 6.07 Å². The Balaban J connectivity index is 1.69. The van der Waals surface area contributed by atoms with Crippen LogP contribution in [0.4, 0.5) is 11.6 Å². The minimum Gasteiger partial charge on any atom is -0.362 e. The number of nitrogens with zero attached hydrogens (tertiary/aromatic N) is 4. The number of aromatic nitrogens is 2. The molecule has 122 valence electrons. The minimum absolute atomic E-state index is 0.124. The summed E-state index contributed by atoms with van der Waals surface area (Å²) in [4.78, 5) is 25.9. The van der Waals surface area contributed by atoms with E-state index in [1.54, 1.807) is 12.4 Å². The molecule has 7 heteroatoms. The van der Waals surface area contributed by atoms with Crippen molar-refractivity contribution >= 4 is 28.9 Å². The van der Waals surface area contributed by atoms with E-state index in [0.717, 1.165) is 35.9 Å². The topological polar surface area (TPSA) is 61.4 Å². The first kappa shape index (κ1) is 15.7. The predicted molar refractivity (Wildman–Crippen MR) is 93.2 cm³/mol. The second kappa shape index (κ2) is 6.95. The van der Waals surface area contributed by atoms with E-state index in [9.17, 15) is 4.79 Å². The van der Waals surface area contributed by atoms with Crippen molar-refractivity contribution < 1.29 is 4.79 Å². The molecule has 23 heavy (non-hydrogen) atoms. The lowest BCUT2D eigenvalue weighted by atomic mass is 10.1. The van der Waals surface area contributed by atoms with Crippen molar-refractivity contribution in [1.29, 1.82) is 0 Å². The standard InChI is InChI=1S/C16H21N5OS/c1-20(2)15-14(17-7-8-18-15)19-12-5-3-9-21(11-12)16(22)13-6-4-10-23-13/h4,6-8,10,12H,3,5,9,11H2,1-2H3,(H,17,19). The highest BCUT2D eigenvalue weighted by atomic mass is 32.1. The van der Waals surface area contributed by atoms with Crippen LogP contribution >= 0.6 is 11.3 Å². The average molecular weight is 331 g/mol. The summed E-state index contributed by atoms with van der Waals surface area (Å²) < 4.78 is 0. The highest BCUT2D eigenvalue weighted by Crippen LogP contribution is 2.22. The van der Waals surface area contributed by atoms with Gasteiger partial charge in [0.25, 0.3) is 5.91 Å². The van der Waals surface area contributed by atoms with Gasteiger partial charge in [-0.25, -0.2) is 9.97 Å². The van der Waals surface area contributed by atoms with Gasteiger partial charge in [-0.2, -0.15) is 0 Å². The Kier molecular flexibility index (Phi) is 4.76. The fourth-order valence-electron chi connectivity index (χ4n) is 2.79. The number of thiophene rings is 1. The van der Waals surface area contributed by atoms with Crippen LogP contribution in [0.1, 0.15) is 22.5 Å². The Morgan fingerprint density at radius 3 is 2.96 bits per heavy atom. The van der Waals surface area contributed by atoms with Crippen molar-refractivity contribution in [1.82, 2.24) is 14.9 Å². The van der Waals surface area contributed by atoms with Crippen molar-refractivity contribution in [3.05, 3.63) is 34.8 Å². The lowest BCUT2D eigenvalue weighted by Gasteiger charge is -2.33. The van der Waals surface area contributed by atoms with Crippen LogP contribution in [0.2, 0.25) is 0 Å². The highest BCUT2D eigenvalue weighted by Gasteiger charge is 2.25. The van der Waals surface area contributed by atoms with Gasteiger partial charge in [-0.15, -0.1) is 11.3 Å². The number of hydrogen-bond donors (Lipinski definition) is 1. The molecule has 1 aliphatic heterocycles. The average Bonchev–Trinajstić information content (AvgIpc) is 3.09. The third-order valence-electron chi connectivity index (χ3n) is 3.88. The molecule has 2 aromatic rings. The maximum Gasteiger partial charge on any atom is 0.263 e. The second-order valence-corrected chi connectivity index (χ2v) is 6.78. The predicted octanol–water partition coefficient (Wildman–Crippen LogP) is 2.32. The number of rotatable bonds is 4. The van der Waals surface area contributed by atoms with Gasteiger partial charge in [0.15, 0.2) is 11.6 Å². The summed E-state index contributed by atoms with van der Waals surface area (Å²) in [5.41, 5.74) is 0. The van der Waals surface area contributed by atoms with Crippen LogP contribution in [0.25, 0.3) is 0 Å². The van der Waals surface area contributed by atoms with Crippen molar-refractivity contribution in [3.63, 3.8) is 0 Å².